The normalized spacial score (nSPS) is 20.9. The summed E-state index contributed by atoms with van der Waals surface area (Å²) in [5.41, 5.74) is 0.662. The Balaban J connectivity index is 2.32. The molecule has 2 rings (SSSR count). The topological polar surface area (TPSA) is 21.3 Å². The predicted molar refractivity (Wildman–Crippen MR) is 75.7 cm³/mol. The molecule has 0 amide bonds. The first-order valence-corrected chi connectivity index (χ1v) is 7.40. The minimum absolute atomic E-state index is 0.126. The summed E-state index contributed by atoms with van der Waals surface area (Å²) in [7, 11) is 0. The van der Waals surface area contributed by atoms with Crippen molar-refractivity contribution in [2.24, 2.45) is 5.92 Å². The van der Waals surface area contributed by atoms with Crippen molar-refractivity contribution < 1.29 is 13.5 Å². The molecule has 20 heavy (non-hydrogen) atoms. The minimum Gasteiger partial charge on any atom is -0.381 e. The molecule has 1 aliphatic rings. The highest BCUT2D eigenvalue weighted by molar-refractivity contribution is 5.30. The van der Waals surface area contributed by atoms with Gasteiger partial charge in [0.15, 0.2) is 0 Å². The van der Waals surface area contributed by atoms with Crippen LogP contribution in [0.15, 0.2) is 12.1 Å². The quantitative estimate of drug-likeness (QED) is 0.889. The molecule has 0 spiro atoms. The summed E-state index contributed by atoms with van der Waals surface area (Å²) in [4.78, 5) is 0. The summed E-state index contributed by atoms with van der Waals surface area (Å²) in [6.45, 7) is 5.77. The smallest absolute Gasteiger partial charge is 0.133 e. The van der Waals surface area contributed by atoms with Crippen LogP contribution in [0, 0.1) is 24.5 Å². The van der Waals surface area contributed by atoms with E-state index >= 15 is 0 Å². The molecule has 1 heterocycles. The third-order valence-electron chi connectivity index (χ3n) is 3.91. The Morgan fingerprint density at radius 2 is 2.20 bits per heavy atom. The standard InChI is InChI=1S/C16H23F2NO/c1-3-8-19-16(12-5-4-9-20-10-12)14-13(17)7-6-11(2)15(14)18/h6-7,12,16,19H,3-5,8-10H2,1-2H3. The van der Waals surface area contributed by atoms with Gasteiger partial charge in [-0.3, -0.25) is 0 Å². The molecule has 2 nitrogen and oxygen atoms in total. The maximum atomic E-state index is 14.4. The first-order chi connectivity index (χ1) is 9.65. The molecule has 2 atom stereocenters. The Morgan fingerprint density at radius 3 is 2.85 bits per heavy atom. The van der Waals surface area contributed by atoms with Gasteiger partial charge < -0.3 is 10.1 Å². The molecule has 1 aromatic carbocycles. The zero-order chi connectivity index (χ0) is 14.5. The van der Waals surface area contributed by atoms with Crippen LogP contribution < -0.4 is 5.32 Å². The molecule has 0 saturated carbocycles. The van der Waals surface area contributed by atoms with Crippen LogP contribution in [-0.4, -0.2) is 19.8 Å². The molecule has 4 heteroatoms. The SMILES string of the molecule is CCCNC(c1c(F)ccc(C)c1F)C1CCCOC1. The Morgan fingerprint density at radius 1 is 1.40 bits per heavy atom. The molecule has 1 aromatic rings. The van der Waals surface area contributed by atoms with Crippen molar-refractivity contribution in [1.82, 2.24) is 5.32 Å². The van der Waals surface area contributed by atoms with Crippen LogP contribution in [-0.2, 0) is 4.74 Å². The Labute approximate surface area is 119 Å². The van der Waals surface area contributed by atoms with Gasteiger partial charge in [0.25, 0.3) is 0 Å². The highest BCUT2D eigenvalue weighted by Gasteiger charge is 2.30. The highest BCUT2D eigenvalue weighted by atomic mass is 19.1. The van der Waals surface area contributed by atoms with Crippen LogP contribution >= 0.6 is 0 Å². The first kappa shape index (κ1) is 15.4. The monoisotopic (exact) mass is 283 g/mol. The number of hydrogen-bond acceptors (Lipinski definition) is 2. The molecule has 1 N–H and O–H groups in total. The van der Waals surface area contributed by atoms with E-state index in [-0.39, 0.29) is 17.5 Å². The summed E-state index contributed by atoms with van der Waals surface area (Å²) in [6.07, 6.45) is 2.82. The third kappa shape index (κ3) is 3.36. The van der Waals surface area contributed by atoms with Crippen molar-refractivity contribution in [1.29, 1.82) is 0 Å². The third-order valence-corrected chi connectivity index (χ3v) is 3.91. The van der Waals surface area contributed by atoms with Crippen molar-refractivity contribution >= 4 is 0 Å². The van der Waals surface area contributed by atoms with Gasteiger partial charge in [-0.05, 0) is 44.4 Å². The maximum Gasteiger partial charge on any atom is 0.133 e. The van der Waals surface area contributed by atoms with Gasteiger partial charge in [-0.2, -0.15) is 0 Å². The molecule has 0 aromatic heterocycles. The lowest BCUT2D eigenvalue weighted by Crippen LogP contribution is -2.35. The lowest BCUT2D eigenvalue weighted by molar-refractivity contribution is 0.0379. The van der Waals surface area contributed by atoms with E-state index in [1.165, 1.54) is 12.1 Å². The van der Waals surface area contributed by atoms with Crippen molar-refractivity contribution in [2.45, 2.75) is 39.2 Å². The Bertz CT molecular complexity index is 444. The molecule has 0 aliphatic carbocycles. The second-order valence-electron chi connectivity index (χ2n) is 5.50. The van der Waals surface area contributed by atoms with Gasteiger partial charge in [0.2, 0.25) is 0 Å². The Hall–Kier alpha value is -1.00. The van der Waals surface area contributed by atoms with Crippen molar-refractivity contribution in [3.8, 4) is 0 Å². The maximum absolute atomic E-state index is 14.4. The average Bonchev–Trinajstić information content (AvgIpc) is 2.47. The van der Waals surface area contributed by atoms with Gasteiger partial charge in [-0.15, -0.1) is 0 Å². The van der Waals surface area contributed by atoms with Crippen LogP contribution in [0.5, 0.6) is 0 Å². The van der Waals surface area contributed by atoms with Gasteiger partial charge >= 0.3 is 0 Å². The molecular formula is C16H23F2NO. The largest absolute Gasteiger partial charge is 0.381 e. The van der Waals surface area contributed by atoms with Gasteiger partial charge in [0.05, 0.1) is 6.61 Å². The van der Waals surface area contributed by atoms with E-state index < -0.39 is 11.6 Å². The van der Waals surface area contributed by atoms with Crippen molar-refractivity contribution in [3.63, 3.8) is 0 Å². The van der Waals surface area contributed by atoms with E-state index in [9.17, 15) is 8.78 Å². The van der Waals surface area contributed by atoms with Gasteiger partial charge in [-0.1, -0.05) is 13.0 Å². The first-order valence-electron chi connectivity index (χ1n) is 7.40. The van der Waals surface area contributed by atoms with E-state index in [4.69, 9.17) is 4.74 Å². The fraction of sp³-hybridized carbons (Fsp3) is 0.625. The molecule has 1 aliphatic heterocycles. The van der Waals surface area contributed by atoms with E-state index in [2.05, 4.69) is 5.32 Å². The average molecular weight is 283 g/mol. The van der Waals surface area contributed by atoms with Crippen LogP contribution in [0.1, 0.15) is 43.4 Å². The van der Waals surface area contributed by atoms with Crippen molar-refractivity contribution in [3.05, 3.63) is 34.9 Å². The molecular weight excluding hydrogens is 260 g/mol. The Kier molecular flexibility index (Phi) is 5.49. The number of hydrogen-bond donors (Lipinski definition) is 1. The summed E-state index contributed by atoms with van der Waals surface area (Å²) in [5, 5.41) is 3.30. The zero-order valence-electron chi connectivity index (χ0n) is 12.2. The van der Waals surface area contributed by atoms with E-state index in [1.54, 1.807) is 6.92 Å². The molecule has 2 unspecified atom stereocenters. The lowest BCUT2D eigenvalue weighted by Gasteiger charge is -2.32. The molecule has 1 saturated heterocycles. The van der Waals surface area contributed by atoms with E-state index in [0.717, 1.165) is 32.4 Å². The summed E-state index contributed by atoms with van der Waals surface area (Å²) in [5.74, 6) is -0.766. The van der Waals surface area contributed by atoms with E-state index in [1.807, 2.05) is 6.92 Å². The molecule has 1 fully saturated rings. The number of halogens is 2. The van der Waals surface area contributed by atoms with E-state index in [0.29, 0.717) is 12.2 Å². The second kappa shape index (κ2) is 7.14. The number of aryl methyl sites for hydroxylation is 1. The second-order valence-corrected chi connectivity index (χ2v) is 5.50. The fourth-order valence-electron chi connectivity index (χ4n) is 2.80. The summed E-state index contributed by atoms with van der Waals surface area (Å²) >= 11 is 0. The summed E-state index contributed by atoms with van der Waals surface area (Å²) in [6, 6.07) is 2.54. The predicted octanol–water partition coefficient (Wildman–Crippen LogP) is 3.74. The van der Waals surface area contributed by atoms with Crippen LogP contribution in [0.2, 0.25) is 0 Å². The number of rotatable bonds is 5. The molecule has 0 bridgehead atoms. The highest BCUT2D eigenvalue weighted by Crippen LogP contribution is 2.33. The zero-order valence-corrected chi connectivity index (χ0v) is 12.2. The summed E-state index contributed by atoms with van der Waals surface area (Å²) < 4.78 is 34.0. The van der Waals surface area contributed by atoms with Crippen molar-refractivity contribution in [2.75, 3.05) is 19.8 Å². The van der Waals surface area contributed by atoms with Crippen LogP contribution in [0.3, 0.4) is 0 Å². The van der Waals surface area contributed by atoms with Crippen LogP contribution in [0.25, 0.3) is 0 Å². The van der Waals surface area contributed by atoms with Crippen LogP contribution in [0.4, 0.5) is 8.78 Å². The fourth-order valence-corrected chi connectivity index (χ4v) is 2.80. The number of ether oxygens (including phenoxy) is 1. The van der Waals surface area contributed by atoms with Gasteiger partial charge in [-0.25, -0.2) is 8.78 Å². The number of benzene rings is 1. The minimum atomic E-state index is -0.465. The van der Waals surface area contributed by atoms with Gasteiger partial charge in [0, 0.05) is 24.1 Å². The van der Waals surface area contributed by atoms with Gasteiger partial charge in [0.1, 0.15) is 11.6 Å². The molecule has 112 valence electrons. The number of nitrogens with one attached hydrogen (secondary N) is 1. The molecule has 0 radical (unpaired) electrons. The lowest BCUT2D eigenvalue weighted by atomic mass is 9.87.